The lowest BCUT2D eigenvalue weighted by molar-refractivity contribution is -0.141. The number of carbonyl (C=O) groups excluding carboxylic acids is 1. The van der Waals surface area contributed by atoms with Crippen LogP contribution >= 0.6 is 11.6 Å². The minimum atomic E-state index is -0.924. The monoisotopic (exact) mass is 314 g/mol. The second-order valence-corrected chi connectivity index (χ2v) is 5.52. The number of amides is 1. The van der Waals surface area contributed by atoms with Gasteiger partial charge in [0.05, 0.1) is 24.2 Å². The average molecular weight is 315 g/mol. The number of aliphatic carboxylic acids is 1. The Labute approximate surface area is 128 Å². The summed E-state index contributed by atoms with van der Waals surface area (Å²) < 4.78 is 7.22. The number of aryl methyl sites for hydroxylation is 1. The van der Waals surface area contributed by atoms with Crippen LogP contribution in [0, 0.1) is 0 Å². The van der Waals surface area contributed by atoms with E-state index in [9.17, 15) is 9.59 Å². The molecule has 0 spiro atoms. The Morgan fingerprint density at radius 3 is 2.95 bits per heavy atom. The SMILES string of the molecule is CCCn1cc(Cl)cc1C(=O)N1CCOC(CC(=O)O)C1. The molecule has 0 saturated carbocycles. The summed E-state index contributed by atoms with van der Waals surface area (Å²) in [7, 11) is 0. The van der Waals surface area contributed by atoms with Crippen LogP contribution in [0.1, 0.15) is 30.3 Å². The number of rotatable bonds is 5. The van der Waals surface area contributed by atoms with E-state index in [1.165, 1.54) is 0 Å². The van der Waals surface area contributed by atoms with E-state index in [4.69, 9.17) is 21.4 Å². The summed E-state index contributed by atoms with van der Waals surface area (Å²) in [5.74, 6) is -1.05. The molecule has 0 radical (unpaired) electrons. The zero-order valence-electron chi connectivity index (χ0n) is 11.9. The maximum Gasteiger partial charge on any atom is 0.306 e. The van der Waals surface area contributed by atoms with Crippen LogP contribution in [0.3, 0.4) is 0 Å². The standard InChI is InChI=1S/C14H19ClN2O4/c1-2-3-16-8-10(15)6-12(16)14(20)17-4-5-21-11(9-17)7-13(18)19/h6,8,11H,2-5,7,9H2,1H3,(H,18,19). The maximum absolute atomic E-state index is 12.6. The first-order valence-corrected chi connectivity index (χ1v) is 7.37. The van der Waals surface area contributed by atoms with Gasteiger partial charge in [-0.15, -0.1) is 0 Å². The van der Waals surface area contributed by atoms with Crippen LogP contribution in [0.25, 0.3) is 0 Å². The van der Waals surface area contributed by atoms with E-state index in [2.05, 4.69) is 0 Å². The summed E-state index contributed by atoms with van der Waals surface area (Å²) >= 11 is 5.99. The Hall–Kier alpha value is -1.53. The average Bonchev–Trinajstić information content (AvgIpc) is 2.79. The fourth-order valence-electron chi connectivity index (χ4n) is 2.46. The summed E-state index contributed by atoms with van der Waals surface area (Å²) in [5, 5.41) is 9.35. The number of aromatic nitrogens is 1. The molecule has 7 heteroatoms. The van der Waals surface area contributed by atoms with E-state index in [1.807, 2.05) is 11.5 Å². The summed E-state index contributed by atoms with van der Waals surface area (Å²) in [6.07, 6.45) is 2.09. The van der Waals surface area contributed by atoms with Crippen LogP contribution in [0.4, 0.5) is 0 Å². The number of morpholine rings is 1. The van der Waals surface area contributed by atoms with Crippen molar-refractivity contribution < 1.29 is 19.4 Å². The molecule has 6 nitrogen and oxygen atoms in total. The molecular formula is C14H19ClN2O4. The van der Waals surface area contributed by atoms with Crippen LogP contribution in [0.5, 0.6) is 0 Å². The van der Waals surface area contributed by atoms with Crippen LogP contribution in [-0.4, -0.2) is 52.3 Å². The highest BCUT2D eigenvalue weighted by Crippen LogP contribution is 2.18. The predicted octanol–water partition coefficient (Wildman–Crippen LogP) is 1.87. The van der Waals surface area contributed by atoms with Gasteiger partial charge in [0.15, 0.2) is 0 Å². The molecule has 1 aromatic heterocycles. The van der Waals surface area contributed by atoms with E-state index >= 15 is 0 Å². The molecule has 2 heterocycles. The molecule has 21 heavy (non-hydrogen) atoms. The van der Waals surface area contributed by atoms with Crippen molar-refractivity contribution in [1.82, 2.24) is 9.47 Å². The molecule has 1 aliphatic heterocycles. The van der Waals surface area contributed by atoms with Crippen molar-refractivity contribution in [3.8, 4) is 0 Å². The number of ether oxygens (including phenoxy) is 1. The fourth-order valence-corrected chi connectivity index (χ4v) is 2.68. The number of carboxylic acids is 1. The van der Waals surface area contributed by atoms with Gasteiger partial charge < -0.3 is 19.3 Å². The third-order valence-electron chi connectivity index (χ3n) is 3.38. The molecule has 1 aromatic rings. The molecule has 0 aromatic carbocycles. The molecule has 0 aliphatic carbocycles. The molecule has 116 valence electrons. The molecule has 1 atom stereocenters. The van der Waals surface area contributed by atoms with Gasteiger partial charge in [-0.3, -0.25) is 9.59 Å². The first kappa shape index (κ1) is 15.9. The van der Waals surface area contributed by atoms with E-state index in [-0.39, 0.29) is 12.3 Å². The van der Waals surface area contributed by atoms with Gasteiger partial charge in [-0.1, -0.05) is 18.5 Å². The van der Waals surface area contributed by atoms with E-state index in [0.717, 1.165) is 13.0 Å². The van der Waals surface area contributed by atoms with Crippen molar-refractivity contribution in [2.45, 2.75) is 32.4 Å². The van der Waals surface area contributed by atoms with Crippen molar-refractivity contribution >= 4 is 23.5 Å². The first-order chi connectivity index (χ1) is 10.0. The molecular weight excluding hydrogens is 296 g/mol. The number of halogens is 1. The lowest BCUT2D eigenvalue weighted by Crippen LogP contribution is -2.46. The second-order valence-electron chi connectivity index (χ2n) is 5.08. The molecule has 1 unspecified atom stereocenters. The topological polar surface area (TPSA) is 71.8 Å². The summed E-state index contributed by atoms with van der Waals surface area (Å²) in [6, 6.07) is 1.65. The van der Waals surface area contributed by atoms with Crippen molar-refractivity contribution in [3.05, 3.63) is 23.0 Å². The number of nitrogens with zero attached hydrogens (tertiary/aromatic N) is 2. The van der Waals surface area contributed by atoms with Crippen LogP contribution in [0.15, 0.2) is 12.3 Å². The predicted molar refractivity (Wildman–Crippen MR) is 77.6 cm³/mol. The van der Waals surface area contributed by atoms with Crippen LogP contribution < -0.4 is 0 Å². The molecule has 1 N–H and O–H groups in total. The Kier molecular flexibility index (Phi) is 5.25. The molecule has 1 aliphatic rings. The Morgan fingerprint density at radius 2 is 2.29 bits per heavy atom. The third-order valence-corrected chi connectivity index (χ3v) is 3.58. The summed E-state index contributed by atoms with van der Waals surface area (Å²) in [5.41, 5.74) is 0.540. The van der Waals surface area contributed by atoms with Gasteiger partial charge in [0.1, 0.15) is 5.69 Å². The largest absolute Gasteiger partial charge is 0.481 e. The van der Waals surface area contributed by atoms with Crippen LogP contribution in [0.2, 0.25) is 5.02 Å². The fraction of sp³-hybridized carbons (Fsp3) is 0.571. The van der Waals surface area contributed by atoms with Gasteiger partial charge in [-0.25, -0.2) is 0 Å². The number of hydrogen-bond acceptors (Lipinski definition) is 3. The lowest BCUT2D eigenvalue weighted by Gasteiger charge is -2.32. The van der Waals surface area contributed by atoms with Crippen molar-refractivity contribution in [1.29, 1.82) is 0 Å². The second kappa shape index (κ2) is 6.95. The van der Waals surface area contributed by atoms with E-state index in [1.54, 1.807) is 17.2 Å². The Balaban J connectivity index is 2.10. The molecule has 2 rings (SSSR count). The van der Waals surface area contributed by atoms with Gasteiger partial charge in [0.2, 0.25) is 0 Å². The quantitative estimate of drug-likeness (QED) is 0.900. The van der Waals surface area contributed by atoms with Crippen LogP contribution in [-0.2, 0) is 16.1 Å². The lowest BCUT2D eigenvalue weighted by atomic mass is 10.2. The number of carbonyl (C=O) groups is 2. The minimum absolute atomic E-state index is 0.0967. The molecule has 1 saturated heterocycles. The van der Waals surface area contributed by atoms with Gasteiger partial charge in [0, 0.05) is 25.8 Å². The molecule has 0 bridgehead atoms. The highest BCUT2D eigenvalue weighted by molar-refractivity contribution is 6.31. The number of hydrogen-bond donors (Lipinski definition) is 1. The van der Waals surface area contributed by atoms with Gasteiger partial charge in [-0.05, 0) is 12.5 Å². The van der Waals surface area contributed by atoms with Crippen molar-refractivity contribution in [2.24, 2.45) is 0 Å². The molecule has 1 fully saturated rings. The minimum Gasteiger partial charge on any atom is -0.481 e. The van der Waals surface area contributed by atoms with E-state index in [0.29, 0.717) is 30.4 Å². The highest BCUT2D eigenvalue weighted by Gasteiger charge is 2.28. The highest BCUT2D eigenvalue weighted by atomic mass is 35.5. The van der Waals surface area contributed by atoms with Crippen molar-refractivity contribution in [3.63, 3.8) is 0 Å². The summed E-state index contributed by atoms with van der Waals surface area (Å²) in [6.45, 7) is 3.85. The van der Waals surface area contributed by atoms with Gasteiger partial charge >= 0.3 is 5.97 Å². The molecule has 1 amide bonds. The van der Waals surface area contributed by atoms with Gasteiger partial charge in [-0.2, -0.15) is 0 Å². The normalized spacial score (nSPS) is 18.8. The first-order valence-electron chi connectivity index (χ1n) is 6.99. The Morgan fingerprint density at radius 1 is 1.52 bits per heavy atom. The number of carboxylic acid groups (broad SMARTS) is 1. The summed E-state index contributed by atoms with van der Waals surface area (Å²) in [4.78, 5) is 25.0. The third kappa shape index (κ3) is 3.98. The van der Waals surface area contributed by atoms with E-state index < -0.39 is 12.1 Å². The van der Waals surface area contributed by atoms with Gasteiger partial charge in [0.25, 0.3) is 5.91 Å². The van der Waals surface area contributed by atoms with Crippen molar-refractivity contribution in [2.75, 3.05) is 19.7 Å². The Bertz CT molecular complexity index is 529. The zero-order chi connectivity index (χ0) is 15.4. The zero-order valence-corrected chi connectivity index (χ0v) is 12.7. The smallest absolute Gasteiger partial charge is 0.306 e. The maximum atomic E-state index is 12.6.